The minimum atomic E-state index is -1.81. The highest BCUT2D eigenvalue weighted by Gasteiger charge is 2.47. The summed E-state index contributed by atoms with van der Waals surface area (Å²) in [5.41, 5.74) is -1.26. The van der Waals surface area contributed by atoms with Crippen molar-refractivity contribution in [2.75, 3.05) is 13.1 Å². The van der Waals surface area contributed by atoms with Gasteiger partial charge in [0.15, 0.2) is 0 Å². The maximum absolute atomic E-state index is 15.2. The van der Waals surface area contributed by atoms with Crippen LogP contribution >= 0.6 is 0 Å². The summed E-state index contributed by atoms with van der Waals surface area (Å²) in [5, 5.41) is 3.79. The molecule has 1 aliphatic heterocycles. The molecular formula is C17H17F2N3O2. The Kier molecular flexibility index (Phi) is 3.58. The van der Waals surface area contributed by atoms with E-state index in [0.717, 1.165) is 19.3 Å². The van der Waals surface area contributed by atoms with Crippen molar-refractivity contribution in [1.82, 2.24) is 15.0 Å². The van der Waals surface area contributed by atoms with Gasteiger partial charge >= 0.3 is 0 Å². The Morgan fingerprint density at radius 1 is 1.29 bits per heavy atom. The van der Waals surface area contributed by atoms with Gasteiger partial charge in [-0.15, -0.1) is 0 Å². The summed E-state index contributed by atoms with van der Waals surface area (Å²) >= 11 is 0. The molecule has 1 saturated carbocycles. The van der Waals surface area contributed by atoms with E-state index in [9.17, 15) is 9.18 Å². The molecule has 0 N–H and O–H groups in total. The number of alkyl halides is 1. The Hall–Kier alpha value is -2.31. The highest BCUT2D eigenvalue weighted by molar-refractivity contribution is 5.80. The predicted octanol–water partition coefficient (Wildman–Crippen LogP) is 3.07. The fraction of sp³-hybridized carbons (Fsp3) is 0.471. The van der Waals surface area contributed by atoms with E-state index in [-0.39, 0.29) is 42.3 Å². The molecule has 24 heavy (non-hydrogen) atoms. The smallest absolute Gasteiger partial charge is 0.266 e. The second-order valence-electron chi connectivity index (χ2n) is 6.53. The van der Waals surface area contributed by atoms with Crippen molar-refractivity contribution in [1.29, 1.82) is 0 Å². The molecule has 1 amide bonds. The standard InChI is InChI=1S/C17H17F2N3O2/c18-13-6-4-11(5-7-13)14-20-16(24-21-14)17(19)8-9-22(10-17)15(23)12-2-1-3-12/h4-7,12H,1-3,8-10H2. The zero-order valence-electron chi connectivity index (χ0n) is 13.0. The van der Waals surface area contributed by atoms with Crippen LogP contribution in [-0.2, 0) is 10.5 Å². The van der Waals surface area contributed by atoms with Crippen molar-refractivity contribution in [2.45, 2.75) is 31.4 Å². The number of hydrogen-bond donors (Lipinski definition) is 0. The van der Waals surface area contributed by atoms with Gasteiger partial charge in [-0.2, -0.15) is 4.98 Å². The van der Waals surface area contributed by atoms with Gasteiger partial charge in [0.1, 0.15) is 5.82 Å². The summed E-state index contributed by atoms with van der Waals surface area (Å²) in [4.78, 5) is 17.9. The molecule has 1 aromatic heterocycles. The van der Waals surface area contributed by atoms with Crippen LogP contribution in [0.25, 0.3) is 11.4 Å². The molecule has 1 unspecified atom stereocenters. The monoisotopic (exact) mass is 333 g/mol. The third-order valence-corrected chi connectivity index (χ3v) is 4.90. The number of likely N-dealkylation sites (tertiary alicyclic amines) is 1. The summed E-state index contributed by atoms with van der Waals surface area (Å²) in [6.45, 7) is 0.313. The number of amides is 1. The number of hydrogen-bond acceptors (Lipinski definition) is 4. The van der Waals surface area contributed by atoms with Crippen molar-refractivity contribution in [3.8, 4) is 11.4 Å². The number of carbonyl (C=O) groups is 1. The highest BCUT2D eigenvalue weighted by atomic mass is 19.1. The van der Waals surface area contributed by atoms with Crippen LogP contribution in [0.15, 0.2) is 28.8 Å². The van der Waals surface area contributed by atoms with Gasteiger partial charge in [0.2, 0.25) is 17.4 Å². The van der Waals surface area contributed by atoms with Gasteiger partial charge in [0.25, 0.3) is 5.89 Å². The van der Waals surface area contributed by atoms with Crippen LogP contribution in [0.2, 0.25) is 0 Å². The zero-order valence-corrected chi connectivity index (χ0v) is 13.0. The fourth-order valence-electron chi connectivity index (χ4n) is 3.17. The summed E-state index contributed by atoms with van der Waals surface area (Å²) in [7, 11) is 0. The lowest BCUT2D eigenvalue weighted by Gasteiger charge is -2.29. The SMILES string of the molecule is O=C(C1CCC1)N1CCC(F)(c2nc(-c3ccc(F)cc3)no2)C1. The number of rotatable bonds is 3. The quantitative estimate of drug-likeness (QED) is 0.866. The van der Waals surface area contributed by atoms with E-state index in [1.54, 1.807) is 4.90 Å². The number of benzene rings is 1. The van der Waals surface area contributed by atoms with Gasteiger partial charge in [-0.25, -0.2) is 8.78 Å². The molecule has 1 aromatic carbocycles. The Morgan fingerprint density at radius 3 is 2.71 bits per heavy atom. The van der Waals surface area contributed by atoms with Crippen molar-refractivity contribution in [3.05, 3.63) is 36.0 Å². The lowest BCUT2D eigenvalue weighted by molar-refractivity contribution is -0.137. The summed E-state index contributed by atoms with van der Waals surface area (Å²) < 4.78 is 33.3. The zero-order chi connectivity index (χ0) is 16.7. The van der Waals surface area contributed by atoms with Gasteiger partial charge in [-0.1, -0.05) is 11.6 Å². The van der Waals surface area contributed by atoms with E-state index in [1.165, 1.54) is 24.3 Å². The largest absolute Gasteiger partial charge is 0.339 e. The van der Waals surface area contributed by atoms with Crippen LogP contribution in [0.4, 0.5) is 8.78 Å². The van der Waals surface area contributed by atoms with Crippen molar-refractivity contribution < 1.29 is 18.1 Å². The van der Waals surface area contributed by atoms with Crippen molar-refractivity contribution >= 4 is 5.91 Å². The predicted molar refractivity (Wildman–Crippen MR) is 81.0 cm³/mol. The first-order valence-corrected chi connectivity index (χ1v) is 8.13. The normalized spacial score (nSPS) is 24.2. The average molecular weight is 333 g/mol. The molecule has 0 spiro atoms. The van der Waals surface area contributed by atoms with Crippen LogP contribution in [0.5, 0.6) is 0 Å². The van der Waals surface area contributed by atoms with Crippen LogP contribution in [0.3, 0.4) is 0 Å². The molecular weight excluding hydrogens is 316 g/mol. The molecule has 7 heteroatoms. The first-order valence-electron chi connectivity index (χ1n) is 8.13. The molecule has 2 aliphatic rings. The third kappa shape index (κ3) is 2.57. The Morgan fingerprint density at radius 2 is 2.04 bits per heavy atom. The molecule has 1 atom stereocenters. The van der Waals surface area contributed by atoms with E-state index >= 15 is 4.39 Å². The molecule has 4 rings (SSSR count). The molecule has 126 valence electrons. The van der Waals surface area contributed by atoms with Gasteiger partial charge in [0, 0.05) is 24.4 Å². The minimum absolute atomic E-state index is 0.0269. The highest BCUT2D eigenvalue weighted by Crippen LogP contribution is 2.38. The van der Waals surface area contributed by atoms with Crippen molar-refractivity contribution in [2.24, 2.45) is 5.92 Å². The average Bonchev–Trinajstić information content (AvgIpc) is 3.14. The van der Waals surface area contributed by atoms with Crippen LogP contribution in [0, 0.1) is 11.7 Å². The molecule has 1 saturated heterocycles. The Labute approximate surface area is 137 Å². The number of aromatic nitrogens is 2. The molecule has 0 bridgehead atoms. The van der Waals surface area contributed by atoms with Crippen molar-refractivity contribution in [3.63, 3.8) is 0 Å². The Balaban J connectivity index is 1.51. The van der Waals surface area contributed by atoms with E-state index in [0.29, 0.717) is 12.1 Å². The second-order valence-corrected chi connectivity index (χ2v) is 6.53. The van der Waals surface area contributed by atoms with E-state index < -0.39 is 5.67 Å². The van der Waals surface area contributed by atoms with Gasteiger partial charge in [-0.3, -0.25) is 4.79 Å². The molecule has 1 aliphatic carbocycles. The molecule has 2 aromatic rings. The molecule has 5 nitrogen and oxygen atoms in total. The molecule has 0 radical (unpaired) electrons. The summed E-state index contributed by atoms with van der Waals surface area (Å²) in [6.07, 6.45) is 3.00. The van der Waals surface area contributed by atoms with Gasteiger partial charge in [-0.05, 0) is 37.1 Å². The number of halogens is 2. The fourth-order valence-corrected chi connectivity index (χ4v) is 3.17. The maximum atomic E-state index is 15.2. The molecule has 2 heterocycles. The maximum Gasteiger partial charge on any atom is 0.266 e. The minimum Gasteiger partial charge on any atom is -0.339 e. The van der Waals surface area contributed by atoms with E-state index in [1.807, 2.05) is 0 Å². The van der Waals surface area contributed by atoms with Gasteiger partial charge in [0.05, 0.1) is 6.54 Å². The van der Waals surface area contributed by atoms with Crippen LogP contribution < -0.4 is 0 Å². The lowest BCUT2D eigenvalue weighted by atomic mass is 9.84. The topological polar surface area (TPSA) is 59.2 Å². The van der Waals surface area contributed by atoms with E-state index in [2.05, 4.69) is 10.1 Å². The summed E-state index contributed by atoms with van der Waals surface area (Å²) in [6, 6.07) is 5.59. The molecule has 2 fully saturated rings. The Bertz CT molecular complexity index is 757. The number of carbonyl (C=O) groups excluding carboxylic acids is 1. The van der Waals surface area contributed by atoms with Crippen LogP contribution in [0.1, 0.15) is 31.6 Å². The third-order valence-electron chi connectivity index (χ3n) is 4.90. The first-order chi connectivity index (χ1) is 11.5. The summed E-state index contributed by atoms with van der Waals surface area (Å²) in [5.74, 6) is -0.203. The number of nitrogens with zero attached hydrogens (tertiary/aromatic N) is 3. The first kappa shape index (κ1) is 15.2. The second kappa shape index (κ2) is 5.65. The lowest BCUT2D eigenvalue weighted by Crippen LogP contribution is -2.39. The van der Waals surface area contributed by atoms with Crippen LogP contribution in [-0.4, -0.2) is 34.0 Å². The van der Waals surface area contributed by atoms with E-state index in [4.69, 9.17) is 4.52 Å². The van der Waals surface area contributed by atoms with Gasteiger partial charge < -0.3 is 9.42 Å².